The summed E-state index contributed by atoms with van der Waals surface area (Å²) in [5.74, 6) is -0.169. The van der Waals surface area contributed by atoms with E-state index >= 15 is 0 Å². The first kappa shape index (κ1) is 68.2. The van der Waals surface area contributed by atoms with E-state index in [2.05, 4.69) is 19.2 Å². The van der Waals surface area contributed by atoms with Crippen molar-refractivity contribution in [3.63, 3.8) is 0 Å². The Hall–Kier alpha value is -0.760. The first-order valence-corrected chi connectivity index (χ1v) is 32.1. The van der Waals surface area contributed by atoms with E-state index in [9.17, 15) is 19.4 Å². The molecule has 0 radical (unpaired) electrons. The van der Waals surface area contributed by atoms with Gasteiger partial charge in [0.2, 0.25) is 5.91 Å². The van der Waals surface area contributed by atoms with Crippen molar-refractivity contribution in [2.24, 2.45) is 0 Å². The van der Waals surface area contributed by atoms with Gasteiger partial charge in [-0.15, -0.1) is 0 Å². The molecule has 0 aliphatic carbocycles. The third-order valence-corrected chi connectivity index (χ3v) is 15.2. The van der Waals surface area contributed by atoms with Gasteiger partial charge in [-0.2, -0.15) is 0 Å². The molecule has 0 fully saturated rings. The number of hydrogen-bond donors (Lipinski definition) is 3. The van der Waals surface area contributed by atoms with Crippen molar-refractivity contribution < 1.29 is 32.9 Å². The Morgan fingerprint density at radius 1 is 0.478 bits per heavy atom. The third-order valence-electron chi connectivity index (χ3n) is 14.3. The minimum atomic E-state index is -4.34. The smallest absolute Gasteiger partial charge is 0.387 e. The summed E-state index contributed by atoms with van der Waals surface area (Å²) in [6.45, 7) is 4.87. The second-order valence-electron chi connectivity index (χ2n) is 22.4. The zero-order valence-electron chi connectivity index (χ0n) is 47.1. The molecule has 3 atom stereocenters. The first-order valence-electron chi connectivity index (χ1n) is 30.6. The molecule has 0 rings (SSSR count). The summed E-state index contributed by atoms with van der Waals surface area (Å²) in [5.41, 5.74) is 0. The van der Waals surface area contributed by atoms with Crippen molar-refractivity contribution in [1.29, 1.82) is 0 Å². The number of likely N-dealkylation sites (N-methyl/N-ethyl adjacent to an activating group) is 1. The molecular formula is C60H122N2O6P+. The lowest BCUT2D eigenvalue weighted by molar-refractivity contribution is -0.870. The number of aliphatic hydroxyl groups excluding tert-OH is 1. The quantitative estimate of drug-likeness (QED) is 0.0243. The lowest BCUT2D eigenvalue weighted by Gasteiger charge is -2.25. The van der Waals surface area contributed by atoms with E-state index in [-0.39, 0.29) is 19.1 Å². The molecule has 0 bridgehead atoms. The molecule has 412 valence electrons. The fraction of sp³-hybridized carbons (Fsp3) is 0.950. The zero-order valence-corrected chi connectivity index (χ0v) is 48.0. The molecule has 1 amide bonds. The average Bonchev–Trinajstić information content (AvgIpc) is 3.31. The number of rotatable bonds is 57. The van der Waals surface area contributed by atoms with Crippen LogP contribution in [0.15, 0.2) is 12.2 Å². The third kappa shape index (κ3) is 54.8. The number of quaternary nitrogens is 1. The van der Waals surface area contributed by atoms with Crippen molar-refractivity contribution >= 4 is 13.7 Å². The van der Waals surface area contributed by atoms with Gasteiger partial charge in [0, 0.05) is 6.42 Å². The number of allylic oxidation sites excluding steroid dienone is 1. The molecule has 0 saturated carbocycles. The summed E-state index contributed by atoms with van der Waals surface area (Å²) in [6.07, 6.45) is 64.6. The van der Waals surface area contributed by atoms with Gasteiger partial charge >= 0.3 is 7.82 Å². The number of phosphoric ester groups is 1. The van der Waals surface area contributed by atoms with Gasteiger partial charge in [-0.05, 0) is 19.3 Å². The van der Waals surface area contributed by atoms with Gasteiger partial charge in [0.25, 0.3) is 0 Å². The highest BCUT2D eigenvalue weighted by molar-refractivity contribution is 7.47. The Morgan fingerprint density at radius 3 is 1.07 bits per heavy atom. The number of carbonyl (C=O) groups is 1. The van der Waals surface area contributed by atoms with Crippen molar-refractivity contribution in [2.45, 2.75) is 328 Å². The SMILES string of the molecule is CCCCCCCCCCCCCCCCCCCC/C=C/C(O)C(COP(=O)(O)OCC[N+](C)(C)C)NC(=O)CCCCCCCCCCCCCCCCCCCCCCCCCCCCC. The number of phosphoric acid groups is 1. The van der Waals surface area contributed by atoms with Crippen molar-refractivity contribution in [3.05, 3.63) is 12.2 Å². The van der Waals surface area contributed by atoms with Crippen LogP contribution in [0.2, 0.25) is 0 Å². The van der Waals surface area contributed by atoms with Crippen LogP contribution in [0.1, 0.15) is 316 Å². The molecule has 69 heavy (non-hydrogen) atoms. The van der Waals surface area contributed by atoms with Gasteiger partial charge in [-0.1, -0.05) is 302 Å². The molecule has 0 aromatic carbocycles. The lowest BCUT2D eigenvalue weighted by Crippen LogP contribution is -2.45. The summed E-state index contributed by atoms with van der Waals surface area (Å²) >= 11 is 0. The predicted molar refractivity (Wildman–Crippen MR) is 300 cm³/mol. The van der Waals surface area contributed by atoms with Crippen LogP contribution in [0.25, 0.3) is 0 Å². The molecule has 8 nitrogen and oxygen atoms in total. The summed E-state index contributed by atoms with van der Waals surface area (Å²) in [5, 5.41) is 14.0. The van der Waals surface area contributed by atoms with Crippen LogP contribution in [-0.4, -0.2) is 73.4 Å². The van der Waals surface area contributed by atoms with Crippen LogP contribution in [0.3, 0.4) is 0 Å². The number of unbranched alkanes of at least 4 members (excludes halogenated alkanes) is 44. The summed E-state index contributed by atoms with van der Waals surface area (Å²) in [4.78, 5) is 23.3. The van der Waals surface area contributed by atoms with E-state index in [1.54, 1.807) is 6.08 Å². The fourth-order valence-corrected chi connectivity index (χ4v) is 10.2. The van der Waals surface area contributed by atoms with Crippen molar-refractivity contribution in [1.82, 2.24) is 5.32 Å². The van der Waals surface area contributed by atoms with Crippen LogP contribution < -0.4 is 5.32 Å². The summed E-state index contributed by atoms with van der Waals surface area (Å²) < 4.78 is 23.7. The number of nitrogens with one attached hydrogen (secondary N) is 1. The zero-order chi connectivity index (χ0) is 50.6. The highest BCUT2D eigenvalue weighted by Crippen LogP contribution is 2.43. The molecular weight excluding hydrogens is 876 g/mol. The van der Waals surface area contributed by atoms with Crippen LogP contribution in [0.4, 0.5) is 0 Å². The standard InChI is InChI=1S/C60H121N2O6P/c1-6-8-10-12-14-16-18-20-22-24-26-28-29-30-31-32-33-34-36-38-40-42-44-46-48-50-52-54-60(64)61-58(57-68-69(65,66)67-56-55-62(3,4)5)59(63)53-51-49-47-45-43-41-39-37-35-27-25-23-21-19-17-15-13-11-9-7-2/h51,53,58-59,63H,6-50,52,54-57H2,1-5H3,(H-,61,64,65,66)/p+1/b53-51+. The lowest BCUT2D eigenvalue weighted by atomic mass is 10.0. The normalized spacial score (nSPS) is 13.9. The first-order chi connectivity index (χ1) is 33.5. The van der Waals surface area contributed by atoms with Gasteiger partial charge in [0.15, 0.2) is 0 Å². The van der Waals surface area contributed by atoms with Gasteiger partial charge in [0.1, 0.15) is 13.2 Å². The Labute approximate surface area is 431 Å². The van der Waals surface area contributed by atoms with Crippen LogP contribution >= 0.6 is 7.82 Å². The largest absolute Gasteiger partial charge is 0.472 e. The van der Waals surface area contributed by atoms with Gasteiger partial charge < -0.3 is 19.8 Å². The minimum absolute atomic E-state index is 0.0653. The van der Waals surface area contributed by atoms with Gasteiger partial charge in [0.05, 0.1) is 39.9 Å². The Morgan fingerprint density at radius 2 is 0.768 bits per heavy atom. The molecule has 0 aliphatic heterocycles. The minimum Gasteiger partial charge on any atom is -0.387 e. The Kier molecular flexibility index (Phi) is 51.5. The molecule has 0 aromatic heterocycles. The van der Waals surface area contributed by atoms with E-state index in [1.165, 1.54) is 263 Å². The number of carbonyl (C=O) groups excluding carboxylic acids is 1. The van der Waals surface area contributed by atoms with Crippen LogP contribution in [0.5, 0.6) is 0 Å². The summed E-state index contributed by atoms with van der Waals surface area (Å²) in [6, 6.07) is -0.842. The molecule has 0 aliphatic rings. The van der Waals surface area contributed by atoms with Gasteiger partial charge in [-0.3, -0.25) is 13.8 Å². The molecule has 3 N–H and O–H groups in total. The fourth-order valence-electron chi connectivity index (χ4n) is 9.46. The monoisotopic (exact) mass is 998 g/mol. The number of aliphatic hydroxyl groups is 1. The summed E-state index contributed by atoms with van der Waals surface area (Å²) in [7, 11) is 1.59. The molecule has 0 spiro atoms. The molecule has 9 heteroatoms. The number of nitrogens with zero attached hydrogens (tertiary/aromatic N) is 1. The van der Waals surface area contributed by atoms with Crippen molar-refractivity contribution in [2.75, 3.05) is 40.9 Å². The second kappa shape index (κ2) is 52.1. The van der Waals surface area contributed by atoms with E-state index in [0.717, 1.165) is 32.1 Å². The second-order valence-corrected chi connectivity index (χ2v) is 23.9. The highest BCUT2D eigenvalue weighted by Gasteiger charge is 2.27. The Balaban J connectivity index is 4.11. The van der Waals surface area contributed by atoms with Crippen LogP contribution in [0, 0.1) is 0 Å². The number of hydrogen-bond acceptors (Lipinski definition) is 5. The van der Waals surface area contributed by atoms with E-state index in [0.29, 0.717) is 17.4 Å². The molecule has 0 aromatic rings. The molecule has 0 heterocycles. The van der Waals surface area contributed by atoms with Crippen molar-refractivity contribution in [3.8, 4) is 0 Å². The van der Waals surface area contributed by atoms with E-state index in [4.69, 9.17) is 9.05 Å². The maximum atomic E-state index is 13.0. The van der Waals surface area contributed by atoms with E-state index < -0.39 is 20.0 Å². The van der Waals surface area contributed by atoms with Crippen LogP contribution in [-0.2, 0) is 18.4 Å². The average molecular weight is 999 g/mol. The number of amides is 1. The maximum Gasteiger partial charge on any atom is 0.472 e. The predicted octanol–water partition coefficient (Wildman–Crippen LogP) is 18.6. The topological polar surface area (TPSA) is 105 Å². The molecule has 0 saturated heterocycles. The van der Waals surface area contributed by atoms with E-state index in [1.807, 2.05) is 27.2 Å². The Bertz CT molecular complexity index is 1130. The molecule has 3 unspecified atom stereocenters. The highest BCUT2D eigenvalue weighted by atomic mass is 31.2. The maximum absolute atomic E-state index is 13.0. The van der Waals surface area contributed by atoms with Gasteiger partial charge in [-0.25, -0.2) is 4.57 Å².